The van der Waals surface area contributed by atoms with E-state index in [1.165, 1.54) is 32.1 Å². The van der Waals surface area contributed by atoms with E-state index < -0.39 is 0 Å². The molecule has 1 aromatic heterocycles. The summed E-state index contributed by atoms with van der Waals surface area (Å²) >= 11 is 0. The van der Waals surface area contributed by atoms with Gasteiger partial charge in [0.2, 0.25) is 0 Å². The van der Waals surface area contributed by atoms with Crippen molar-refractivity contribution in [1.29, 1.82) is 0 Å². The first-order chi connectivity index (χ1) is 13.1. The lowest BCUT2D eigenvalue weighted by molar-refractivity contribution is 0.188. The summed E-state index contributed by atoms with van der Waals surface area (Å²) in [7, 11) is 3.88. The summed E-state index contributed by atoms with van der Waals surface area (Å²) in [6.07, 6.45) is 6.27. The molecule has 2 heterocycles. The number of aryl methyl sites for hydroxylation is 2. The molecule has 1 aromatic carbocycles. The number of fused-ring (bicyclic) bond motifs is 2. The van der Waals surface area contributed by atoms with Crippen molar-refractivity contribution in [3.8, 4) is 0 Å². The lowest BCUT2D eigenvalue weighted by Crippen LogP contribution is -2.53. The highest BCUT2D eigenvalue weighted by atomic mass is 127. The second kappa shape index (κ2) is 8.80. The van der Waals surface area contributed by atoms with E-state index in [0.29, 0.717) is 6.54 Å². The van der Waals surface area contributed by atoms with Gasteiger partial charge in [-0.15, -0.1) is 34.2 Å². The lowest BCUT2D eigenvalue weighted by atomic mass is 9.66. The molecule has 0 bridgehead atoms. The zero-order valence-corrected chi connectivity index (χ0v) is 19.4. The van der Waals surface area contributed by atoms with Crippen molar-refractivity contribution >= 4 is 29.9 Å². The molecular formula is C21H31IN6. The van der Waals surface area contributed by atoms with Gasteiger partial charge in [0.15, 0.2) is 11.8 Å². The molecule has 28 heavy (non-hydrogen) atoms. The number of nitrogens with one attached hydrogen (secondary N) is 1. The Labute approximate surface area is 184 Å². The standard InChI is InChI=1S/C21H30N6.HI/c1-16-24-25-19(26(16)3)14-23-20(22-2)27-13-7-12-21(15-27)11-6-9-17-8-4-5-10-18(17)21;/h4-5,8,10H,6-7,9,11-15H2,1-3H3,(H,22,23);1H. The summed E-state index contributed by atoms with van der Waals surface area (Å²) in [5, 5.41) is 11.9. The van der Waals surface area contributed by atoms with E-state index in [0.717, 1.165) is 30.7 Å². The van der Waals surface area contributed by atoms with E-state index in [-0.39, 0.29) is 29.4 Å². The van der Waals surface area contributed by atoms with Gasteiger partial charge in [0, 0.05) is 32.6 Å². The normalized spacial score (nSPS) is 22.0. The minimum Gasteiger partial charge on any atom is -0.349 e. The molecule has 1 unspecified atom stereocenters. The van der Waals surface area contributed by atoms with Crippen LogP contribution in [0.25, 0.3) is 0 Å². The van der Waals surface area contributed by atoms with Crippen LogP contribution >= 0.6 is 24.0 Å². The molecule has 1 spiro atoms. The number of guanidine groups is 1. The zero-order valence-electron chi connectivity index (χ0n) is 17.1. The monoisotopic (exact) mass is 494 g/mol. The third kappa shape index (κ3) is 3.90. The smallest absolute Gasteiger partial charge is 0.194 e. The van der Waals surface area contributed by atoms with Crippen molar-refractivity contribution in [3.63, 3.8) is 0 Å². The quantitative estimate of drug-likeness (QED) is 0.396. The first-order valence-electron chi connectivity index (χ1n) is 10.0. The second-order valence-electron chi connectivity index (χ2n) is 7.94. The van der Waals surface area contributed by atoms with Crippen LogP contribution in [0.15, 0.2) is 29.3 Å². The molecular weight excluding hydrogens is 463 g/mol. The molecule has 2 aliphatic rings. The Morgan fingerprint density at radius 1 is 1.21 bits per heavy atom. The number of likely N-dealkylation sites (tertiary alicyclic amines) is 1. The average molecular weight is 494 g/mol. The van der Waals surface area contributed by atoms with E-state index in [2.05, 4.69) is 49.7 Å². The number of rotatable bonds is 2. The van der Waals surface area contributed by atoms with Crippen LogP contribution in [0.5, 0.6) is 0 Å². The largest absolute Gasteiger partial charge is 0.349 e. The van der Waals surface area contributed by atoms with Crippen LogP contribution in [-0.2, 0) is 25.4 Å². The maximum Gasteiger partial charge on any atom is 0.194 e. The van der Waals surface area contributed by atoms with Gasteiger partial charge in [-0.25, -0.2) is 0 Å². The van der Waals surface area contributed by atoms with E-state index in [4.69, 9.17) is 0 Å². The third-order valence-corrected chi connectivity index (χ3v) is 6.37. The van der Waals surface area contributed by atoms with Crippen LogP contribution in [0, 0.1) is 6.92 Å². The topological polar surface area (TPSA) is 58.3 Å². The Morgan fingerprint density at radius 2 is 2.00 bits per heavy atom. The molecule has 0 saturated carbocycles. The van der Waals surface area contributed by atoms with E-state index in [1.54, 1.807) is 11.1 Å². The number of aliphatic imine (C=N–C) groups is 1. The molecule has 0 radical (unpaired) electrons. The van der Waals surface area contributed by atoms with Gasteiger partial charge in [0.25, 0.3) is 0 Å². The maximum absolute atomic E-state index is 4.57. The molecule has 152 valence electrons. The fraction of sp³-hybridized carbons (Fsp3) is 0.571. The first kappa shape index (κ1) is 21.1. The summed E-state index contributed by atoms with van der Waals surface area (Å²) in [6.45, 7) is 4.72. The van der Waals surface area contributed by atoms with Crippen molar-refractivity contribution in [2.75, 3.05) is 20.1 Å². The summed E-state index contributed by atoms with van der Waals surface area (Å²) in [5.74, 6) is 2.83. The predicted octanol–water partition coefficient (Wildman–Crippen LogP) is 3.19. The molecule has 1 N–H and O–H groups in total. The maximum atomic E-state index is 4.57. The molecule has 0 amide bonds. The van der Waals surface area contributed by atoms with Crippen molar-refractivity contribution in [3.05, 3.63) is 47.0 Å². The van der Waals surface area contributed by atoms with Crippen LogP contribution in [0.4, 0.5) is 0 Å². The molecule has 4 rings (SSSR count). The molecule has 7 heteroatoms. The average Bonchev–Trinajstić information content (AvgIpc) is 3.01. The van der Waals surface area contributed by atoms with E-state index in [9.17, 15) is 0 Å². The molecule has 1 saturated heterocycles. The number of benzene rings is 1. The van der Waals surface area contributed by atoms with Crippen LogP contribution in [0.1, 0.15) is 48.5 Å². The van der Waals surface area contributed by atoms with Crippen molar-refractivity contribution < 1.29 is 0 Å². The van der Waals surface area contributed by atoms with Crippen LogP contribution in [-0.4, -0.2) is 45.8 Å². The fourth-order valence-electron chi connectivity index (χ4n) is 4.84. The molecule has 1 fully saturated rings. The number of nitrogens with zero attached hydrogens (tertiary/aromatic N) is 5. The van der Waals surface area contributed by atoms with Gasteiger partial charge in [-0.2, -0.15) is 0 Å². The Morgan fingerprint density at radius 3 is 2.75 bits per heavy atom. The number of aromatic nitrogens is 3. The molecule has 6 nitrogen and oxygen atoms in total. The first-order valence-corrected chi connectivity index (χ1v) is 10.0. The highest BCUT2D eigenvalue weighted by Gasteiger charge is 2.40. The van der Waals surface area contributed by atoms with Crippen LogP contribution < -0.4 is 5.32 Å². The number of hydrogen-bond donors (Lipinski definition) is 1. The zero-order chi connectivity index (χ0) is 18.9. The van der Waals surface area contributed by atoms with Crippen LogP contribution in [0.3, 0.4) is 0 Å². The van der Waals surface area contributed by atoms with Gasteiger partial charge >= 0.3 is 0 Å². The SMILES string of the molecule is CN=C(NCc1nnc(C)n1C)N1CCCC2(CCCc3ccccc32)C1.I. The fourth-order valence-corrected chi connectivity index (χ4v) is 4.84. The number of hydrogen-bond acceptors (Lipinski definition) is 3. The van der Waals surface area contributed by atoms with E-state index >= 15 is 0 Å². The van der Waals surface area contributed by atoms with Crippen molar-refractivity contribution in [1.82, 2.24) is 25.0 Å². The van der Waals surface area contributed by atoms with Gasteiger partial charge in [-0.1, -0.05) is 24.3 Å². The van der Waals surface area contributed by atoms with Gasteiger partial charge in [0.05, 0.1) is 6.54 Å². The van der Waals surface area contributed by atoms with E-state index in [1.807, 2.05) is 25.6 Å². The molecule has 1 atom stereocenters. The molecule has 2 aromatic rings. The van der Waals surface area contributed by atoms with Crippen molar-refractivity contribution in [2.24, 2.45) is 12.0 Å². The highest BCUT2D eigenvalue weighted by molar-refractivity contribution is 14.0. The minimum atomic E-state index is 0. The van der Waals surface area contributed by atoms with Gasteiger partial charge in [0.1, 0.15) is 5.82 Å². The lowest BCUT2D eigenvalue weighted by Gasteiger charge is -2.47. The Hall–Kier alpha value is -1.64. The predicted molar refractivity (Wildman–Crippen MR) is 123 cm³/mol. The Kier molecular flexibility index (Phi) is 6.62. The number of piperidine rings is 1. The molecule has 1 aliphatic heterocycles. The van der Waals surface area contributed by atoms with Gasteiger partial charge in [-0.3, -0.25) is 4.99 Å². The summed E-state index contributed by atoms with van der Waals surface area (Å²) in [6, 6.07) is 9.06. The summed E-state index contributed by atoms with van der Waals surface area (Å²) < 4.78 is 2.02. The van der Waals surface area contributed by atoms with Crippen molar-refractivity contribution in [2.45, 2.75) is 51.0 Å². The Bertz CT molecular complexity index is 845. The summed E-state index contributed by atoms with van der Waals surface area (Å²) in [4.78, 5) is 7.01. The minimum absolute atomic E-state index is 0. The molecule has 1 aliphatic carbocycles. The third-order valence-electron chi connectivity index (χ3n) is 6.37. The second-order valence-corrected chi connectivity index (χ2v) is 7.94. The van der Waals surface area contributed by atoms with Gasteiger partial charge in [-0.05, 0) is 50.2 Å². The number of halogens is 1. The highest BCUT2D eigenvalue weighted by Crippen LogP contribution is 2.43. The summed E-state index contributed by atoms with van der Waals surface area (Å²) in [5.41, 5.74) is 3.38. The van der Waals surface area contributed by atoms with Gasteiger partial charge < -0.3 is 14.8 Å². The Balaban J connectivity index is 0.00000225. The van der Waals surface area contributed by atoms with Crippen LogP contribution in [0.2, 0.25) is 0 Å².